The van der Waals surface area contributed by atoms with Crippen LogP contribution in [0.1, 0.15) is 15.9 Å². The Morgan fingerprint density at radius 3 is 2.35 bits per heavy atom. The third kappa shape index (κ3) is 5.34. The molecule has 0 saturated carbocycles. The van der Waals surface area contributed by atoms with E-state index in [1.807, 2.05) is 0 Å². The van der Waals surface area contributed by atoms with E-state index >= 15 is 0 Å². The van der Waals surface area contributed by atoms with Crippen molar-refractivity contribution < 1.29 is 19.1 Å². The molecule has 2 aromatic carbocycles. The van der Waals surface area contributed by atoms with Crippen molar-refractivity contribution in [3.63, 3.8) is 0 Å². The number of amides is 3. The summed E-state index contributed by atoms with van der Waals surface area (Å²) in [4.78, 5) is 35.7. The molecular formula is C19H21N3O4. The standard InChI is InChI=1S/C19H21N3O4/c1-26-16-10-6-5-9-14(16)11-15(18(20)24)22-17(23)12-21-19(25)13-7-3-2-4-8-13/h2-10,15H,11-12H2,1H3,(H2,20,24)(H,21,25)(H,22,23)/t15-/m1/s1. The SMILES string of the molecule is COc1ccccc1C[C@@H](NC(=O)CNC(=O)c1ccccc1)C(N)=O. The second kappa shape index (κ2) is 9.22. The zero-order valence-electron chi connectivity index (χ0n) is 14.4. The number of hydrogen-bond donors (Lipinski definition) is 3. The molecule has 1 atom stereocenters. The number of ether oxygens (including phenoxy) is 1. The van der Waals surface area contributed by atoms with Crippen molar-refractivity contribution in [2.24, 2.45) is 5.73 Å². The van der Waals surface area contributed by atoms with E-state index in [2.05, 4.69) is 10.6 Å². The van der Waals surface area contributed by atoms with Crippen molar-refractivity contribution in [1.82, 2.24) is 10.6 Å². The fourth-order valence-electron chi connectivity index (χ4n) is 2.41. The summed E-state index contributed by atoms with van der Waals surface area (Å²) in [5, 5.41) is 5.04. The van der Waals surface area contributed by atoms with E-state index in [0.29, 0.717) is 11.3 Å². The molecule has 3 amide bonds. The summed E-state index contributed by atoms with van der Waals surface area (Å²) < 4.78 is 5.24. The van der Waals surface area contributed by atoms with Crippen molar-refractivity contribution in [2.45, 2.75) is 12.5 Å². The van der Waals surface area contributed by atoms with E-state index in [0.717, 1.165) is 5.56 Å². The third-order valence-corrected chi connectivity index (χ3v) is 3.74. The average molecular weight is 355 g/mol. The minimum absolute atomic E-state index is 0.192. The largest absolute Gasteiger partial charge is 0.496 e. The van der Waals surface area contributed by atoms with Gasteiger partial charge in [-0.1, -0.05) is 36.4 Å². The van der Waals surface area contributed by atoms with E-state index in [-0.39, 0.29) is 18.9 Å². The number of nitrogens with two attached hydrogens (primary N) is 1. The van der Waals surface area contributed by atoms with Gasteiger partial charge in [-0.2, -0.15) is 0 Å². The molecule has 0 bridgehead atoms. The summed E-state index contributed by atoms with van der Waals surface area (Å²) in [7, 11) is 1.52. The molecule has 2 rings (SSSR count). The molecule has 2 aromatic rings. The Bertz CT molecular complexity index is 777. The summed E-state index contributed by atoms with van der Waals surface area (Å²) in [6, 6.07) is 14.8. The molecule has 7 heteroatoms. The molecule has 0 spiro atoms. The second-order valence-corrected chi connectivity index (χ2v) is 5.59. The summed E-state index contributed by atoms with van der Waals surface area (Å²) in [5.41, 5.74) is 6.58. The van der Waals surface area contributed by atoms with E-state index in [1.54, 1.807) is 54.6 Å². The molecule has 136 valence electrons. The zero-order valence-corrected chi connectivity index (χ0v) is 14.4. The lowest BCUT2D eigenvalue weighted by Gasteiger charge is -2.17. The van der Waals surface area contributed by atoms with Gasteiger partial charge in [0.25, 0.3) is 5.91 Å². The fraction of sp³-hybridized carbons (Fsp3) is 0.211. The van der Waals surface area contributed by atoms with Crippen molar-refractivity contribution in [3.8, 4) is 5.75 Å². The lowest BCUT2D eigenvalue weighted by molar-refractivity contribution is -0.126. The number of methoxy groups -OCH3 is 1. The summed E-state index contributed by atoms with van der Waals surface area (Å²) in [6.45, 7) is -0.260. The second-order valence-electron chi connectivity index (χ2n) is 5.59. The number of primary amides is 1. The van der Waals surface area contributed by atoms with Gasteiger partial charge >= 0.3 is 0 Å². The molecule has 26 heavy (non-hydrogen) atoms. The lowest BCUT2D eigenvalue weighted by Crippen LogP contribution is -2.49. The van der Waals surface area contributed by atoms with E-state index in [9.17, 15) is 14.4 Å². The van der Waals surface area contributed by atoms with Crippen molar-refractivity contribution >= 4 is 17.7 Å². The van der Waals surface area contributed by atoms with Crippen LogP contribution in [0.15, 0.2) is 54.6 Å². The molecule has 0 saturated heterocycles. The van der Waals surface area contributed by atoms with Gasteiger partial charge in [0.1, 0.15) is 11.8 Å². The molecule has 0 heterocycles. The Labute approximate surface area is 151 Å². The highest BCUT2D eigenvalue weighted by Gasteiger charge is 2.20. The van der Waals surface area contributed by atoms with Crippen LogP contribution in [0.2, 0.25) is 0 Å². The van der Waals surface area contributed by atoms with Crippen LogP contribution >= 0.6 is 0 Å². The molecule has 7 nitrogen and oxygen atoms in total. The van der Waals surface area contributed by atoms with Crippen LogP contribution in [0.3, 0.4) is 0 Å². The monoisotopic (exact) mass is 355 g/mol. The van der Waals surface area contributed by atoms with Gasteiger partial charge in [0.15, 0.2) is 0 Å². The lowest BCUT2D eigenvalue weighted by atomic mass is 10.0. The summed E-state index contributed by atoms with van der Waals surface area (Å²) >= 11 is 0. The molecule has 0 radical (unpaired) electrons. The van der Waals surface area contributed by atoms with Gasteiger partial charge in [-0.05, 0) is 23.8 Å². The Morgan fingerprint density at radius 2 is 1.69 bits per heavy atom. The van der Waals surface area contributed by atoms with Gasteiger partial charge in [0.05, 0.1) is 13.7 Å². The van der Waals surface area contributed by atoms with Crippen molar-refractivity contribution in [2.75, 3.05) is 13.7 Å². The van der Waals surface area contributed by atoms with Gasteiger partial charge in [-0.25, -0.2) is 0 Å². The highest BCUT2D eigenvalue weighted by Crippen LogP contribution is 2.18. The van der Waals surface area contributed by atoms with E-state index in [1.165, 1.54) is 7.11 Å². The maximum atomic E-state index is 12.1. The Morgan fingerprint density at radius 1 is 1.04 bits per heavy atom. The number of benzene rings is 2. The quantitative estimate of drug-likeness (QED) is 0.645. The number of para-hydroxylation sites is 1. The Kier molecular flexibility index (Phi) is 6.73. The first-order valence-corrected chi connectivity index (χ1v) is 8.05. The van der Waals surface area contributed by atoms with Crippen LogP contribution in [-0.4, -0.2) is 37.4 Å². The summed E-state index contributed by atoms with van der Waals surface area (Å²) in [5.74, 6) is -0.946. The van der Waals surface area contributed by atoms with Crippen molar-refractivity contribution in [3.05, 3.63) is 65.7 Å². The molecule has 0 aromatic heterocycles. The highest BCUT2D eigenvalue weighted by molar-refractivity contribution is 5.97. The maximum Gasteiger partial charge on any atom is 0.251 e. The number of carbonyl (C=O) groups excluding carboxylic acids is 3. The topological polar surface area (TPSA) is 111 Å². The summed E-state index contributed by atoms with van der Waals surface area (Å²) in [6.07, 6.45) is 0.192. The van der Waals surface area contributed by atoms with Gasteiger partial charge in [0, 0.05) is 12.0 Å². The predicted octanol–water partition coefficient (Wildman–Crippen LogP) is 0.638. The minimum Gasteiger partial charge on any atom is -0.496 e. The number of carbonyl (C=O) groups is 3. The first-order valence-electron chi connectivity index (χ1n) is 8.05. The van der Waals surface area contributed by atoms with Gasteiger partial charge in [0.2, 0.25) is 11.8 Å². The molecular weight excluding hydrogens is 334 g/mol. The zero-order chi connectivity index (χ0) is 18.9. The molecule has 0 aliphatic heterocycles. The van der Waals surface area contributed by atoms with Crippen LogP contribution in [0.25, 0.3) is 0 Å². The first kappa shape index (κ1) is 19.0. The van der Waals surface area contributed by atoms with E-state index < -0.39 is 17.9 Å². The highest BCUT2D eigenvalue weighted by atomic mass is 16.5. The smallest absolute Gasteiger partial charge is 0.251 e. The number of nitrogens with one attached hydrogen (secondary N) is 2. The predicted molar refractivity (Wildman–Crippen MR) is 96.6 cm³/mol. The maximum absolute atomic E-state index is 12.1. The number of rotatable bonds is 8. The van der Waals surface area contributed by atoms with Crippen LogP contribution < -0.4 is 21.1 Å². The van der Waals surface area contributed by atoms with E-state index in [4.69, 9.17) is 10.5 Å². The molecule has 0 aliphatic carbocycles. The Hall–Kier alpha value is -3.35. The average Bonchev–Trinajstić information content (AvgIpc) is 2.66. The molecule has 0 aliphatic rings. The molecule has 0 fully saturated rings. The molecule has 0 unspecified atom stereocenters. The van der Waals surface area contributed by atoms with Crippen LogP contribution in [0.4, 0.5) is 0 Å². The fourth-order valence-corrected chi connectivity index (χ4v) is 2.41. The molecule has 4 N–H and O–H groups in total. The third-order valence-electron chi connectivity index (χ3n) is 3.74. The van der Waals surface area contributed by atoms with Gasteiger partial charge < -0.3 is 21.1 Å². The van der Waals surface area contributed by atoms with Crippen molar-refractivity contribution in [1.29, 1.82) is 0 Å². The normalized spacial score (nSPS) is 11.3. The Balaban J connectivity index is 1.93. The minimum atomic E-state index is -0.910. The first-order chi connectivity index (χ1) is 12.5. The van der Waals surface area contributed by atoms with Gasteiger partial charge in [-0.15, -0.1) is 0 Å². The van der Waals surface area contributed by atoms with Crippen LogP contribution in [0, 0.1) is 0 Å². The van der Waals surface area contributed by atoms with Crippen LogP contribution in [0.5, 0.6) is 5.75 Å². The number of hydrogen-bond acceptors (Lipinski definition) is 4. The van der Waals surface area contributed by atoms with Gasteiger partial charge in [-0.3, -0.25) is 14.4 Å². The van der Waals surface area contributed by atoms with Crippen LogP contribution in [-0.2, 0) is 16.0 Å².